The van der Waals surface area contributed by atoms with E-state index in [0.29, 0.717) is 11.1 Å². The van der Waals surface area contributed by atoms with Crippen molar-refractivity contribution in [3.05, 3.63) is 64.1 Å². The molecule has 0 bridgehead atoms. The Hall–Kier alpha value is -1.79. The van der Waals surface area contributed by atoms with Crippen molar-refractivity contribution in [2.75, 3.05) is 5.75 Å². The summed E-state index contributed by atoms with van der Waals surface area (Å²) < 4.78 is 0.937. The third-order valence-corrected chi connectivity index (χ3v) is 4.26. The Bertz CT molecular complexity index is 687. The van der Waals surface area contributed by atoms with Gasteiger partial charge in [-0.2, -0.15) is 0 Å². The van der Waals surface area contributed by atoms with Crippen LogP contribution >= 0.6 is 27.7 Å². The first-order chi connectivity index (χ1) is 10.6. The van der Waals surface area contributed by atoms with E-state index in [2.05, 4.69) is 21.1 Å². The van der Waals surface area contributed by atoms with E-state index in [-0.39, 0.29) is 5.84 Å². The van der Waals surface area contributed by atoms with Crippen LogP contribution in [0, 0.1) is 0 Å². The molecule has 4 nitrogen and oxygen atoms in total. The number of oxime groups is 1. The average Bonchev–Trinajstić information content (AvgIpc) is 2.54. The van der Waals surface area contributed by atoms with Gasteiger partial charge >= 0.3 is 5.97 Å². The summed E-state index contributed by atoms with van der Waals surface area (Å²) in [6, 6.07) is 14.5. The van der Waals surface area contributed by atoms with Crippen LogP contribution in [0.15, 0.2) is 63.1 Å². The van der Waals surface area contributed by atoms with Crippen molar-refractivity contribution in [3.63, 3.8) is 0 Å². The van der Waals surface area contributed by atoms with E-state index in [1.54, 1.807) is 36.0 Å². The number of carbonyl (C=O) groups is 1. The van der Waals surface area contributed by atoms with Gasteiger partial charge in [0.25, 0.3) is 0 Å². The number of amidine groups is 1. The number of nitrogens with zero attached hydrogens (tertiary/aromatic N) is 1. The van der Waals surface area contributed by atoms with Crippen molar-refractivity contribution in [2.45, 2.75) is 11.8 Å². The highest BCUT2D eigenvalue weighted by Gasteiger charge is 2.13. The number of hydrogen-bond acceptors (Lipinski definition) is 4. The van der Waals surface area contributed by atoms with Gasteiger partial charge in [-0.1, -0.05) is 52.3 Å². The molecule has 22 heavy (non-hydrogen) atoms. The largest absolute Gasteiger partial charge is 0.380 e. The second-order valence-corrected chi connectivity index (χ2v) is 6.51. The molecule has 0 atom stereocenters. The summed E-state index contributed by atoms with van der Waals surface area (Å²) in [6.45, 7) is 2.02. The SMILES string of the molecule is CCSc1ccccc1C(=O)O/N=C(/N)c1ccc(Br)cc1. The number of halogens is 1. The maximum absolute atomic E-state index is 12.1. The van der Waals surface area contributed by atoms with Crippen molar-refractivity contribution in [1.82, 2.24) is 0 Å². The van der Waals surface area contributed by atoms with E-state index in [4.69, 9.17) is 10.6 Å². The second-order valence-electron chi connectivity index (χ2n) is 4.29. The molecule has 2 rings (SSSR count). The molecule has 0 saturated heterocycles. The number of carbonyl (C=O) groups excluding carboxylic acids is 1. The van der Waals surface area contributed by atoms with Gasteiger partial charge < -0.3 is 10.6 Å². The molecule has 0 radical (unpaired) electrons. The fourth-order valence-electron chi connectivity index (χ4n) is 1.73. The van der Waals surface area contributed by atoms with Crippen molar-refractivity contribution in [1.29, 1.82) is 0 Å². The summed E-state index contributed by atoms with van der Waals surface area (Å²) in [5.74, 6) is 0.507. The smallest absolute Gasteiger partial charge is 0.366 e. The summed E-state index contributed by atoms with van der Waals surface area (Å²) in [4.78, 5) is 18.0. The molecule has 0 aromatic heterocycles. The molecular formula is C16H15BrN2O2S. The van der Waals surface area contributed by atoms with Crippen LogP contribution in [0.1, 0.15) is 22.8 Å². The topological polar surface area (TPSA) is 64.7 Å². The third-order valence-electron chi connectivity index (χ3n) is 2.77. The predicted molar refractivity (Wildman–Crippen MR) is 93.1 cm³/mol. The molecule has 114 valence electrons. The fourth-order valence-corrected chi connectivity index (χ4v) is 2.79. The summed E-state index contributed by atoms with van der Waals surface area (Å²) in [7, 11) is 0. The van der Waals surface area contributed by atoms with Gasteiger partial charge in [0.05, 0.1) is 5.56 Å². The maximum atomic E-state index is 12.1. The third kappa shape index (κ3) is 4.35. The zero-order chi connectivity index (χ0) is 15.9. The quantitative estimate of drug-likeness (QED) is 0.280. The van der Waals surface area contributed by atoms with Crippen LogP contribution in [0.3, 0.4) is 0 Å². The maximum Gasteiger partial charge on any atom is 0.366 e. The Balaban J connectivity index is 2.12. The highest BCUT2D eigenvalue weighted by atomic mass is 79.9. The number of hydrogen-bond donors (Lipinski definition) is 1. The van der Waals surface area contributed by atoms with Gasteiger partial charge in [0.2, 0.25) is 0 Å². The number of benzene rings is 2. The van der Waals surface area contributed by atoms with E-state index in [9.17, 15) is 4.79 Å². The van der Waals surface area contributed by atoms with Crippen LogP contribution in [0.5, 0.6) is 0 Å². The zero-order valence-corrected chi connectivity index (χ0v) is 14.4. The molecular weight excluding hydrogens is 364 g/mol. The lowest BCUT2D eigenvalue weighted by Gasteiger charge is -2.05. The minimum atomic E-state index is -0.517. The fraction of sp³-hybridized carbons (Fsp3) is 0.125. The first-order valence-corrected chi connectivity index (χ1v) is 8.42. The van der Waals surface area contributed by atoms with Gasteiger partial charge in [-0.3, -0.25) is 0 Å². The molecule has 0 aliphatic rings. The highest BCUT2D eigenvalue weighted by molar-refractivity contribution is 9.10. The van der Waals surface area contributed by atoms with E-state index < -0.39 is 5.97 Å². The van der Waals surface area contributed by atoms with Crippen molar-refractivity contribution in [3.8, 4) is 0 Å². The van der Waals surface area contributed by atoms with Gasteiger partial charge in [0.15, 0.2) is 5.84 Å². The normalized spacial score (nSPS) is 11.3. The Kier molecular flexibility index (Phi) is 6.03. The number of thioether (sulfide) groups is 1. The van der Waals surface area contributed by atoms with Gasteiger partial charge in [-0.05, 0) is 30.0 Å². The van der Waals surface area contributed by atoms with E-state index >= 15 is 0 Å². The average molecular weight is 379 g/mol. The Morgan fingerprint density at radius 1 is 1.23 bits per heavy atom. The number of rotatable bonds is 5. The molecule has 0 aliphatic heterocycles. The molecule has 2 aromatic carbocycles. The predicted octanol–water partition coefficient (Wildman–Crippen LogP) is 4.04. The van der Waals surface area contributed by atoms with E-state index in [1.807, 2.05) is 31.2 Å². The van der Waals surface area contributed by atoms with Crippen LogP contribution in [-0.4, -0.2) is 17.6 Å². The highest BCUT2D eigenvalue weighted by Crippen LogP contribution is 2.23. The summed E-state index contributed by atoms with van der Waals surface area (Å²) in [5.41, 5.74) is 7.00. The van der Waals surface area contributed by atoms with Gasteiger partial charge in [-0.25, -0.2) is 4.79 Å². The standard InChI is InChI=1S/C16H15BrN2O2S/c1-2-22-14-6-4-3-5-13(14)16(20)21-19-15(18)11-7-9-12(17)10-8-11/h3-10H,2H2,1H3,(H2,18,19). The molecule has 0 fully saturated rings. The minimum Gasteiger partial charge on any atom is -0.380 e. The summed E-state index contributed by atoms with van der Waals surface area (Å²) in [6.07, 6.45) is 0. The first kappa shape index (κ1) is 16.6. The zero-order valence-electron chi connectivity index (χ0n) is 12.0. The van der Waals surface area contributed by atoms with E-state index in [0.717, 1.165) is 15.1 Å². The molecule has 0 amide bonds. The molecule has 6 heteroatoms. The Labute approximate surface area is 141 Å². The minimum absolute atomic E-state index is 0.154. The lowest BCUT2D eigenvalue weighted by Crippen LogP contribution is -2.15. The molecule has 0 heterocycles. The van der Waals surface area contributed by atoms with Crippen LogP contribution in [0.25, 0.3) is 0 Å². The molecule has 2 N–H and O–H groups in total. The second kappa shape index (κ2) is 8.00. The summed E-state index contributed by atoms with van der Waals surface area (Å²) in [5, 5.41) is 3.72. The monoisotopic (exact) mass is 378 g/mol. The lowest BCUT2D eigenvalue weighted by molar-refractivity contribution is 0.0512. The van der Waals surface area contributed by atoms with Crippen LogP contribution in [-0.2, 0) is 4.84 Å². The van der Waals surface area contributed by atoms with Gasteiger partial charge in [0.1, 0.15) is 0 Å². The summed E-state index contributed by atoms with van der Waals surface area (Å²) >= 11 is 4.92. The molecule has 2 aromatic rings. The van der Waals surface area contributed by atoms with Crippen molar-refractivity contribution < 1.29 is 9.63 Å². The van der Waals surface area contributed by atoms with Gasteiger partial charge in [-0.15, -0.1) is 11.8 Å². The lowest BCUT2D eigenvalue weighted by atomic mass is 10.2. The molecule has 0 aliphatic carbocycles. The van der Waals surface area contributed by atoms with Crippen LogP contribution in [0.2, 0.25) is 0 Å². The molecule has 0 unspecified atom stereocenters. The Morgan fingerprint density at radius 2 is 1.91 bits per heavy atom. The first-order valence-electron chi connectivity index (χ1n) is 6.64. The van der Waals surface area contributed by atoms with Crippen LogP contribution < -0.4 is 5.73 Å². The molecule has 0 spiro atoms. The van der Waals surface area contributed by atoms with Gasteiger partial charge in [0, 0.05) is 14.9 Å². The van der Waals surface area contributed by atoms with Crippen molar-refractivity contribution >= 4 is 39.5 Å². The van der Waals surface area contributed by atoms with Crippen molar-refractivity contribution in [2.24, 2.45) is 10.9 Å². The van der Waals surface area contributed by atoms with Crippen LogP contribution in [0.4, 0.5) is 0 Å². The van der Waals surface area contributed by atoms with E-state index in [1.165, 1.54) is 0 Å². The molecule has 0 saturated carbocycles. The Morgan fingerprint density at radius 3 is 2.59 bits per heavy atom. The number of nitrogens with two attached hydrogens (primary N) is 1.